The fraction of sp³-hybridized carbons (Fsp3) is 0.0769. The average Bonchev–Trinajstić information content (AvgIpc) is 3.16. The van der Waals surface area contributed by atoms with Gasteiger partial charge in [0.05, 0.1) is 17.8 Å². The standard InChI is InChI=1S/C26H21N5O2/c1-18(32)29-23-6-4-5-21(13-23)26(33)30-28-15-22-17-31(25-8-3-2-7-24(22)25)16-20-11-9-19(14-27)10-12-20/h2-13,15,17H,16H2,1H3,(H,29,32)(H,30,33)/b28-15-. The molecule has 4 aromatic rings. The fourth-order valence-corrected chi connectivity index (χ4v) is 3.56. The van der Waals surface area contributed by atoms with Crippen molar-refractivity contribution in [1.29, 1.82) is 5.26 Å². The van der Waals surface area contributed by atoms with Crippen molar-refractivity contribution in [2.24, 2.45) is 5.10 Å². The number of benzene rings is 3. The molecule has 0 unspecified atom stereocenters. The lowest BCUT2D eigenvalue weighted by Crippen LogP contribution is -2.18. The molecule has 2 N–H and O–H groups in total. The molecule has 0 atom stereocenters. The van der Waals surface area contributed by atoms with E-state index in [1.165, 1.54) is 6.92 Å². The number of nitrogens with zero attached hydrogens (tertiary/aromatic N) is 3. The zero-order valence-electron chi connectivity index (χ0n) is 17.9. The third-order valence-electron chi connectivity index (χ3n) is 5.07. The lowest BCUT2D eigenvalue weighted by molar-refractivity contribution is -0.114. The molecule has 0 spiro atoms. The van der Waals surface area contributed by atoms with Crippen molar-refractivity contribution in [2.45, 2.75) is 13.5 Å². The Morgan fingerprint density at radius 2 is 1.85 bits per heavy atom. The van der Waals surface area contributed by atoms with E-state index in [2.05, 4.69) is 26.5 Å². The summed E-state index contributed by atoms with van der Waals surface area (Å²) in [6.45, 7) is 2.05. The lowest BCUT2D eigenvalue weighted by Gasteiger charge is -2.05. The Labute approximate surface area is 191 Å². The van der Waals surface area contributed by atoms with Gasteiger partial charge in [0.25, 0.3) is 5.91 Å². The van der Waals surface area contributed by atoms with Crippen molar-refractivity contribution in [1.82, 2.24) is 9.99 Å². The van der Waals surface area contributed by atoms with Gasteiger partial charge in [0, 0.05) is 47.4 Å². The van der Waals surface area contributed by atoms with Crippen molar-refractivity contribution < 1.29 is 9.59 Å². The van der Waals surface area contributed by atoms with Crippen molar-refractivity contribution >= 4 is 34.6 Å². The number of carbonyl (C=O) groups excluding carboxylic acids is 2. The van der Waals surface area contributed by atoms with Gasteiger partial charge < -0.3 is 9.88 Å². The van der Waals surface area contributed by atoms with Gasteiger partial charge in [-0.2, -0.15) is 10.4 Å². The third kappa shape index (κ3) is 5.14. The number of amides is 2. The molecule has 0 bridgehead atoms. The molecule has 0 saturated carbocycles. The maximum atomic E-state index is 12.5. The van der Waals surface area contributed by atoms with E-state index in [1.54, 1.807) is 42.6 Å². The van der Waals surface area contributed by atoms with Crippen LogP contribution >= 0.6 is 0 Å². The van der Waals surface area contributed by atoms with E-state index in [0.717, 1.165) is 22.0 Å². The second kappa shape index (κ2) is 9.62. The summed E-state index contributed by atoms with van der Waals surface area (Å²) in [5.41, 5.74) is 7.09. The first-order valence-corrected chi connectivity index (χ1v) is 10.3. The molecule has 0 aliphatic rings. The monoisotopic (exact) mass is 435 g/mol. The number of para-hydroxylation sites is 1. The minimum absolute atomic E-state index is 0.206. The third-order valence-corrected chi connectivity index (χ3v) is 5.07. The number of hydrogen-bond donors (Lipinski definition) is 2. The topological polar surface area (TPSA) is 99.3 Å². The van der Waals surface area contributed by atoms with Crippen molar-refractivity contribution in [3.05, 3.63) is 101 Å². The van der Waals surface area contributed by atoms with Crippen LogP contribution in [0.25, 0.3) is 10.9 Å². The molecule has 4 rings (SSSR count). The van der Waals surface area contributed by atoms with Crippen LogP contribution in [0.5, 0.6) is 0 Å². The van der Waals surface area contributed by atoms with E-state index in [4.69, 9.17) is 5.26 Å². The normalized spacial score (nSPS) is 10.8. The van der Waals surface area contributed by atoms with Crippen LogP contribution in [0.2, 0.25) is 0 Å². The Morgan fingerprint density at radius 3 is 2.61 bits per heavy atom. The summed E-state index contributed by atoms with van der Waals surface area (Å²) in [6.07, 6.45) is 3.60. The summed E-state index contributed by atoms with van der Waals surface area (Å²) < 4.78 is 2.11. The van der Waals surface area contributed by atoms with Crippen LogP contribution in [-0.2, 0) is 11.3 Å². The second-order valence-corrected chi connectivity index (χ2v) is 7.50. The SMILES string of the molecule is CC(=O)Nc1cccc(C(=O)N/N=C\c2cn(Cc3ccc(C#N)cc3)c3ccccc23)c1. The molecule has 33 heavy (non-hydrogen) atoms. The Hall–Kier alpha value is -4.70. The van der Waals surface area contributed by atoms with Crippen LogP contribution in [0.1, 0.15) is 34.0 Å². The second-order valence-electron chi connectivity index (χ2n) is 7.50. The summed E-state index contributed by atoms with van der Waals surface area (Å²) in [5.74, 6) is -0.581. The molecule has 0 saturated heterocycles. The first-order chi connectivity index (χ1) is 16.0. The smallest absolute Gasteiger partial charge is 0.271 e. The molecule has 0 fully saturated rings. The quantitative estimate of drug-likeness (QED) is 0.349. The van der Waals surface area contributed by atoms with Crippen LogP contribution < -0.4 is 10.7 Å². The molecule has 2 amide bonds. The molecule has 1 heterocycles. The minimum atomic E-state index is -0.375. The molecule has 0 aliphatic heterocycles. The van der Waals surface area contributed by atoms with E-state index >= 15 is 0 Å². The Balaban J connectivity index is 1.52. The maximum Gasteiger partial charge on any atom is 0.271 e. The Morgan fingerprint density at radius 1 is 1.06 bits per heavy atom. The summed E-state index contributed by atoms with van der Waals surface area (Å²) in [5, 5.41) is 16.8. The van der Waals surface area contributed by atoms with Gasteiger partial charge in [-0.05, 0) is 42.0 Å². The van der Waals surface area contributed by atoms with E-state index in [1.807, 2.05) is 42.6 Å². The van der Waals surface area contributed by atoms with Gasteiger partial charge in [0.15, 0.2) is 0 Å². The van der Waals surface area contributed by atoms with Crippen molar-refractivity contribution in [3.63, 3.8) is 0 Å². The molecule has 0 radical (unpaired) electrons. The Kier molecular flexibility index (Phi) is 6.28. The van der Waals surface area contributed by atoms with Crippen molar-refractivity contribution in [2.75, 3.05) is 5.32 Å². The van der Waals surface area contributed by atoms with E-state index < -0.39 is 0 Å². The molecule has 7 nitrogen and oxygen atoms in total. The van der Waals surface area contributed by atoms with Gasteiger partial charge in [-0.25, -0.2) is 5.43 Å². The molecule has 162 valence electrons. The number of anilines is 1. The van der Waals surface area contributed by atoms with Crippen molar-refractivity contribution in [3.8, 4) is 6.07 Å². The number of fused-ring (bicyclic) bond motifs is 1. The number of hydrogen-bond acceptors (Lipinski definition) is 4. The van der Waals surface area contributed by atoms with E-state index in [-0.39, 0.29) is 11.8 Å². The largest absolute Gasteiger partial charge is 0.342 e. The number of hydrazone groups is 1. The van der Waals surface area contributed by atoms with Crippen LogP contribution in [0.3, 0.4) is 0 Å². The molecular weight excluding hydrogens is 414 g/mol. The predicted octanol–water partition coefficient (Wildman–Crippen LogP) is 4.28. The zero-order valence-corrected chi connectivity index (χ0v) is 17.9. The number of nitriles is 1. The first kappa shape index (κ1) is 21.5. The number of rotatable bonds is 6. The van der Waals surface area contributed by atoms with Gasteiger partial charge in [-0.15, -0.1) is 0 Å². The highest BCUT2D eigenvalue weighted by Crippen LogP contribution is 2.21. The predicted molar refractivity (Wildman–Crippen MR) is 128 cm³/mol. The van der Waals surface area contributed by atoms with Crippen LogP contribution in [-0.4, -0.2) is 22.6 Å². The molecule has 1 aromatic heterocycles. The lowest BCUT2D eigenvalue weighted by atomic mass is 10.1. The summed E-state index contributed by atoms with van der Waals surface area (Å²) in [7, 11) is 0. The van der Waals surface area contributed by atoms with Gasteiger partial charge in [0.2, 0.25) is 5.91 Å². The zero-order chi connectivity index (χ0) is 23.2. The molecule has 0 aliphatic carbocycles. The van der Waals surface area contributed by atoms with E-state index in [9.17, 15) is 9.59 Å². The summed E-state index contributed by atoms with van der Waals surface area (Å²) in [6, 6.07) is 24.2. The van der Waals surface area contributed by atoms with Gasteiger partial charge in [-0.1, -0.05) is 36.4 Å². The maximum absolute atomic E-state index is 12.5. The van der Waals surface area contributed by atoms with Gasteiger partial charge in [-0.3, -0.25) is 9.59 Å². The van der Waals surface area contributed by atoms with Crippen LogP contribution in [0.15, 0.2) is 84.1 Å². The average molecular weight is 435 g/mol. The summed E-state index contributed by atoms with van der Waals surface area (Å²) >= 11 is 0. The number of carbonyl (C=O) groups is 2. The highest BCUT2D eigenvalue weighted by Gasteiger charge is 2.09. The molecular formula is C26H21N5O2. The Bertz CT molecular complexity index is 1390. The van der Waals surface area contributed by atoms with Gasteiger partial charge >= 0.3 is 0 Å². The highest BCUT2D eigenvalue weighted by molar-refractivity contribution is 6.01. The summed E-state index contributed by atoms with van der Waals surface area (Å²) in [4.78, 5) is 23.7. The van der Waals surface area contributed by atoms with Crippen LogP contribution in [0.4, 0.5) is 5.69 Å². The highest BCUT2D eigenvalue weighted by atomic mass is 16.2. The molecule has 3 aromatic carbocycles. The minimum Gasteiger partial charge on any atom is -0.342 e. The fourth-order valence-electron chi connectivity index (χ4n) is 3.56. The van der Waals surface area contributed by atoms with Crippen LogP contribution in [0, 0.1) is 11.3 Å². The van der Waals surface area contributed by atoms with E-state index in [0.29, 0.717) is 23.4 Å². The first-order valence-electron chi connectivity index (χ1n) is 10.3. The molecule has 7 heteroatoms. The van der Waals surface area contributed by atoms with Gasteiger partial charge in [0.1, 0.15) is 0 Å². The number of nitrogens with one attached hydrogen (secondary N) is 2. The number of aromatic nitrogens is 1.